The molecule has 25 heavy (non-hydrogen) atoms. The monoisotopic (exact) mass is 368 g/mol. The van der Waals surface area contributed by atoms with Crippen LogP contribution in [-0.4, -0.2) is 64.8 Å². The zero-order valence-corrected chi connectivity index (χ0v) is 14.9. The number of sulfonamides is 1. The van der Waals surface area contributed by atoms with Crippen molar-refractivity contribution in [2.45, 2.75) is 23.8 Å². The molecule has 1 unspecified atom stereocenters. The number of primary sulfonamides is 1. The van der Waals surface area contributed by atoms with Crippen LogP contribution in [0.25, 0.3) is 0 Å². The minimum atomic E-state index is -3.78. The third-order valence-corrected chi connectivity index (χ3v) is 5.54. The van der Waals surface area contributed by atoms with Crippen molar-refractivity contribution in [3.8, 4) is 0 Å². The number of carbonyl (C=O) groups excluding carboxylic acids is 1. The van der Waals surface area contributed by atoms with E-state index in [0.29, 0.717) is 38.4 Å². The van der Waals surface area contributed by atoms with Crippen LogP contribution in [0.1, 0.15) is 12.8 Å². The van der Waals surface area contributed by atoms with Crippen molar-refractivity contribution in [2.24, 2.45) is 5.14 Å². The molecule has 0 aromatic heterocycles. The van der Waals surface area contributed by atoms with Crippen molar-refractivity contribution in [1.29, 1.82) is 0 Å². The molecule has 2 aliphatic heterocycles. The second-order valence-corrected chi connectivity index (χ2v) is 7.84. The second kappa shape index (κ2) is 7.59. The molecule has 0 aliphatic carbocycles. The minimum absolute atomic E-state index is 0.102. The van der Waals surface area contributed by atoms with Crippen LogP contribution in [0, 0.1) is 0 Å². The van der Waals surface area contributed by atoms with Gasteiger partial charge in [-0.1, -0.05) is 12.1 Å². The number of rotatable bonds is 4. The van der Waals surface area contributed by atoms with Gasteiger partial charge in [-0.15, -0.1) is 0 Å². The molecule has 138 valence electrons. The summed E-state index contributed by atoms with van der Waals surface area (Å²) in [5.74, 6) is 0. The van der Waals surface area contributed by atoms with E-state index >= 15 is 0 Å². The molecule has 2 aliphatic rings. The fourth-order valence-corrected chi connectivity index (χ4v) is 3.98. The Kier molecular flexibility index (Phi) is 5.45. The molecule has 0 radical (unpaired) electrons. The van der Waals surface area contributed by atoms with Crippen molar-refractivity contribution >= 4 is 21.7 Å². The van der Waals surface area contributed by atoms with Crippen molar-refractivity contribution < 1.29 is 17.9 Å². The van der Waals surface area contributed by atoms with Crippen LogP contribution in [0.4, 0.5) is 10.5 Å². The van der Waals surface area contributed by atoms with Crippen LogP contribution in [0.5, 0.6) is 0 Å². The summed E-state index contributed by atoms with van der Waals surface area (Å²) in [6, 6.07) is 6.58. The minimum Gasteiger partial charge on any atom is -0.376 e. The fraction of sp³-hybridized carbons (Fsp3) is 0.562. The van der Waals surface area contributed by atoms with E-state index in [1.165, 1.54) is 6.07 Å². The average molecular weight is 368 g/mol. The first kappa shape index (κ1) is 18.0. The lowest BCUT2D eigenvalue weighted by molar-refractivity contribution is 0.108. The topological polar surface area (TPSA) is 105 Å². The second-order valence-electron chi connectivity index (χ2n) is 6.31. The Bertz CT molecular complexity index is 711. The van der Waals surface area contributed by atoms with Gasteiger partial charge < -0.3 is 19.9 Å². The zero-order chi connectivity index (χ0) is 17.9. The maximum atomic E-state index is 12.2. The Morgan fingerprint density at radius 2 is 1.96 bits per heavy atom. The Labute approximate surface area is 148 Å². The molecule has 2 amide bonds. The van der Waals surface area contributed by atoms with Crippen molar-refractivity contribution in [2.75, 3.05) is 44.2 Å². The molecule has 1 aromatic carbocycles. The predicted molar refractivity (Wildman–Crippen MR) is 94.0 cm³/mol. The van der Waals surface area contributed by atoms with Crippen LogP contribution in [0.3, 0.4) is 0 Å². The van der Waals surface area contributed by atoms with Gasteiger partial charge in [-0.05, 0) is 25.0 Å². The van der Waals surface area contributed by atoms with Crippen molar-refractivity contribution in [3.63, 3.8) is 0 Å². The number of nitrogens with one attached hydrogen (secondary N) is 1. The van der Waals surface area contributed by atoms with E-state index in [9.17, 15) is 13.2 Å². The highest BCUT2D eigenvalue weighted by molar-refractivity contribution is 7.89. The first-order valence-electron chi connectivity index (χ1n) is 8.46. The van der Waals surface area contributed by atoms with Gasteiger partial charge in [0, 0.05) is 39.3 Å². The summed E-state index contributed by atoms with van der Waals surface area (Å²) in [6.07, 6.45) is 2.15. The Morgan fingerprint density at radius 3 is 2.60 bits per heavy atom. The lowest BCUT2D eigenvalue weighted by atomic mass is 10.2. The molecule has 9 heteroatoms. The third-order valence-electron chi connectivity index (χ3n) is 4.58. The number of hydrogen-bond donors (Lipinski definition) is 2. The number of benzene rings is 1. The number of piperazine rings is 1. The first-order valence-corrected chi connectivity index (χ1v) is 10.0. The number of amides is 2. The average Bonchev–Trinajstić information content (AvgIpc) is 3.13. The summed E-state index contributed by atoms with van der Waals surface area (Å²) in [5, 5.41) is 8.21. The van der Waals surface area contributed by atoms with E-state index in [0.717, 1.165) is 19.4 Å². The van der Waals surface area contributed by atoms with E-state index in [-0.39, 0.29) is 17.0 Å². The summed E-state index contributed by atoms with van der Waals surface area (Å²) in [4.78, 5) is 16.1. The van der Waals surface area contributed by atoms with Crippen LogP contribution in [0.2, 0.25) is 0 Å². The number of anilines is 1. The molecule has 0 spiro atoms. The smallest absolute Gasteiger partial charge is 0.317 e. The molecule has 2 fully saturated rings. The molecular formula is C16H24N4O4S. The van der Waals surface area contributed by atoms with E-state index in [1.54, 1.807) is 23.1 Å². The number of hydrogen-bond acceptors (Lipinski definition) is 5. The van der Waals surface area contributed by atoms with Gasteiger partial charge in [0.2, 0.25) is 10.0 Å². The summed E-state index contributed by atoms with van der Waals surface area (Å²) in [7, 11) is -3.78. The molecule has 3 N–H and O–H groups in total. The van der Waals surface area contributed by atoms with Gasteiger partial charge in [-0.2, -0.15) is 0 Å². The summed E-state index contributed by atoms with van der Waals surface area (Å²) in [6.45, 7) is 3.46. The Balaban J connectivity index is 1.56. The number of nitrogens with two attached hydrogens (primary N) is 1. The van der Waals surface area contributed by atoms with Gasteiger partial charge in [-0.25, -0.2) is 18.4 Å². The maximum Gasteiger partial charge on any atom is 0.317 e. The van der Waals surface area contributed by atoms with E-state index in [4.69, 9.17) is 9.88 Å². The summed E-state index contributed by atoms with van der Waals surface area (Å²) >= 11 is 0. The van der Waals surface area contributed by atoms with Gasteiger partial charge in [-0.3, -0.25) is 0 Å². The third kappa shape index (κ3) is 4.42. The number of carbonyl (C=O) groups is 1. The molecule has 0 saturated carbocycles. The molecule has 0 bridgehead atoms. The molecular weight excluding hydrogens is 344 g/mol. The summed E-state index contributed by atoms with van der Waals surface area (Å²) in [5.41, 5.74) is 0.587. The number of urea groups is 1. The highest BCUT2D eigenvalue weighted by Gasteiger charge is 2.25. The van der Waals surface area contributed by atoms with E-state index in [1.807, 2.05) is 4.90 Å². The zero-order valence-electron chi connectivity index (χ0n) is 14.1. The molecule has 8 nitrogen and oxygen atoms in total. The van der Waals surface area contributed by atoms with Gasteiger partial charge in [0.1, 0.15) is 4.90 Å². The number of nitrogens with zero attached hydrogens (tertiary/aromatic N) is 2. The van der Waals surface area contributed by atoms with Crippen LogP contribution >= 0.6 is 0 Å². The predicted octanol–water partition coefficient (Wildman–Crippen LogP) is 0.345. The lowest BCUT2D eigenvalue weighted by Crippen LogP contribution is -2.52. The molecule has 2 saturated heterocycles. The Morgan fingerprint density at radius 1 is 1.24 bits per heavy atom. The van der Waals surface area contributed by atoms with Gasteiger partial charge in [0.05, 0.1) is 11.8 Å². The maximum absolute atomic E-state index is 12.2. The highest BCUT2D eigenvalue weighted by atomic mass is 32.2. The normalized spacial score (nSPS) is 21.4. The Hall–Kier alpha value is -1.84. The van der Waals surface area contributed by atoms with Crippen molar-refractivity contribution in [3.05, 3.63) is 24.3 Å². The van der Waals surface area contributed by atoms with Gasteiger partial charge in [0.15, 0.2) is 0 Å². The van der Waals surface area contributed by atoms with Gasteiger partial charge >= 0.3 is 6.03 Å². The fourth-order valence-electron chi connectivity index (χ4n) is 3.23. The standard InChI is InChI=1S/C16H24N4O4S/c17-25(22,23)15-6-2-1-5-14(15)19-7-9-20(10-8-19)16(21)18-12-13-4-3-11-24-13/h1-2,5-6,13H,3-4,7-12H2,(H,18,21)(H2,17,22,23). The van der Waals surface area contributed by atoms with E-state index in [2.05, 4.69) is 5.32 Å². The summed E-state index contributed by atoms with van der Waals surface area (Å²) < 4.78 is 29.0. The van der Waals surface area contributed by atoms with Crippen LogP contribution in [0.15, 0.2) is 29.2 Å². The SMILES string of the molecule is NS(=O)(=O)c1ccccc1N1CCN(C(=O)NCC2CCCO2)CC1. The highest BCUT2D eigenvalue weighted by Crippen LogP contribution is 2.25. The van der Waals surface area contributed by atoms with Crippen molar-refractivity contribution in [1.82, 2.24) is 10.2 Å². The van der Waals surface area contributed by atoms with Crippen LogP contribution < -0.4 is 15.4 Å². The molecule has 2 heterocycles. The lowest BCUT2D eigenvalue weighted by Gasteiger charge is -2.36. The number of para-hydroxylation sites is 1. The first-order chi connectivity index (χ1) is 11.9. The largest absolute Gasteiger partial charge is 0.376 e. The van der Waals surface area contributed by atoms with E-state index < -0.39 is 10.0 Å². The molecule has 1 aromatic rings. The molecule has 3 rings (SSSR count). The molecule has 1 atom stereocenters. The quantitative estimate of drug-likeness (QED) is 0.798. The number of ether oxygens (including phenoxy) is 1. The van der Waals surface area contributed by atoms with Crippen LogP contribution in [-0.2, 0) is 14.8 Å². The van der Waals surface area contributed by atoms with Gasteiger partial charge in [0.25, 0.3) is 0 Å².